The number of aromatic nitrogens is 1. The zero-order chi connectivity index (χ0) is 15.3. The third-order valence-corrected chi connectivity index (χ3v) is 2.51. The molecule has 7 heteroatoms. The molecular formula is C13H18F4N2O. The lowest BCUT2D eigenvalue weighted by Gasteiger charge is -2.19. The molecule has 1 atom stereocenters. The molecule has 114 valence electrons. The second-order valence-corrected chi connectivity index (χ2v) is 4.94. The van der Waals surface area contributed by atoms with Crippen molar-refractivity contribution in [3.63, 3.8) is 0 Å². The van der Waals surface area contributed by atoms with Crippen LogP contribution in [0.1, 0.15) is 26.3 Å². The average Bonchev–Trinajstić information content (AvgIpc) is 2.30. The second-order valence-electron chi connectivity index (χ2n) is 4.94. The molecule has 0 amide bonds. The molecule has 1 unspecified atom stereocenters. The number of hydrogen-bond donors (Lipinski definition) is 1. The lowest BCUT2D eigenvalue weighted by atomic mass is 10.2. The van der Waals surface area contributed by atoms with Gasteiger partial charge < -0.3 is 10.1 Å². The smallest absolute Gasteiger partial charge is 0.425 e. The minimum absolute atomic E-state index is 0.197. The highest BCUT2D eigenvalue weighted by Gasteiger charge is 2.38. The van der Waals surface area contributed by atoms with Crippen molar-refractivity contribution in [3.05, 3.63) is 23.6 Å². The highest BCUT2D eigenvalue weighted by atomic mass is 19.4. The molecule has 0 bridgehead atoms. The molecule has 0 fully saturated rings. The third kappa shape index (κ3) is 5.32. The molecule has 1 aromatic rings. The minimum Gasteiger partial charge on any atom is -0.465 e. The van der Waals surface area contributed by atoms with Crippen LogP contribution in [-0.2, 0) is 6.54 Å². The SMILES string of the molecule is CC(C)CNCc1cc(F)cnc1OC(C)C(F)(F)F. The molecule has 0 aliphatic carbocycles. The Morgan fingerprint density at radius 1 is 1.30 bits per heavy atom. The Morgan fingerprint density at radius 2 is 1.95 bits per heavy atom. The van der Waals surface area contributed by atoms with E-state index in [0.29, 0.717) is 12.5 Å². The highest BCUT2D eigenvalue weighted by Crippen LogP contribution is 2.26. The van der Waals surface area contributed by atoms with E-state index in [1.165, 1.54) is 0 Å². The molecule has 1 N–H and O–H groups in total. The Kier molecular flexibility index (Phi) is 5.74. The lowest BCUT2D eigenvalue weighted by molar-refractivity contribution is -0.190. The summed E-state index contributed by atoms with van der Waals surface area (Å²) in [6.45, 7) is 5.71. The van der Waals surface area contributed by atoms with E-state index < -0.39 is 18.1 Å². The molecule has 20 heavy (non-hydrogen) atoms. The number of hydrogen-bond acceptors (Lipinski definition) is 3. The normalized spacial score (nSPS) is 13.6. The van der Waals surface area contributed by atoms with Crippen LogP contribution in [0.5, 0.6) is 5.88 Å². The summed E-state index contributed by atoms with van der Waals surface area (Å²) in [6.07, 6.45) is -5.65. The zero-order valence-electron chi connectivity index (χ0n) is 11.6. The van der Waals surface area contributed by atoms with Gasteiger partial charge in [-0.25, -0.2) is 9.37 Å². The summed E-state index contributed by atoms with van der Waals surface area (Å²) >= 11 is 0. The maximum atomic E-state index is 13.1. The van der Waals surface area contributed by atoms with Crippen molar-refractivity contribution in [1.29, 1.82) is 0 Å². The second kappa shape index (κ2) is 6.88. The van der Waals surface area contributed by atoms with Gasteiger partial charge in [0.15, 0.2) is 6.10 Å². The van der Waals surface area contributed by atoms with Crippen molar-refractivity contribution in [3.8, 4) is 5.88 Å². The van der Waals surface area contributed by atoms with Crippen molar-refractivity contribution in [2.45, 2.75) is 39.6 Å². The molecular weight excluding hydrogens is 276 g/mol. The molecule has 1 rings (SSSR count). The largest absolute Gasteiger partial charge is 0.465 e. The highest BCUT2D eigenvalue weighted by molar-refractivity contribution is 5.26. The number of alkyl halides is 3. The van der Waals surface area contributed by atoms with Crippen molar-refractivity contribution in [2.24, 2.45) is 5.92 Å². The molecule has 0 aromatic carbocycles. The predicted molar refractivity (Wildman–Crippen MR) is 66.9 cm³/mol. The van der Waals surface area contributed by atoms with E-state index in [2.05, 4.69) is 10.3 Å². The summed E-state index contributed by atoms with van der Waals surface area (Å²) < 4.78 is 55.3. The first-order valence-electron chi connectivity index (χ1n) is 6.28. The number of pyridine rings is 1. The fourth-order valence-corrected chi connectivity index (χ4v) is 1.43. The number of halogens is 4. The number of rotatable bonds is 6. The van der Waals surface area contributed by atoms with Crippen LogP contribution in [0.25, 0.3) is 0 Å². The molecule has 0 aliphatic heterocycles. The summed E-state index contributed by atoms with van der Waals surface area (Å²) in [7, 11) is 0. The number of ether oxygens (including phenoxy) is 1. The van der Waals surface area contributed by atoms with Gasteiger partial charge in [-0.3, -0.25) is 0 Å². The Hall–Kier alpha value is -1.37. The summed E-state index contributed by atoms with van der Waals surface area (Å²) in [5.41, 5.74) is 0.266. The van der Waals surface area contributed by atoms with E-state index in [4.69, 9.17) is 4.74 Å². The van der Waals surface area contributed by atoms with Crippen LogP contribution >= 0.6 is 0 Å². The van der Waals surface area contributed by atoms with Crippen LogP contribution in [0.4, 0.5) is 17.6 Å². The van der Waals surface area contributed by atoms with Crippen molar-refractivity contribution in [2.75, 3.05) is 6.54 Å². The van der Waals surface area contributed by atoms with Crippen LogP contribution in [0, 0.1) is 11.7 Å². The third-order valence-electron chi connectivity index (χ3n) is 2.51. The predicted octanol–water partition coefficient (Wildman–Crippen LogP) is 3.30. The summed E-state index contributed by atoms with van der Waals surface area (Å²) in [6, 6.07) is 1.12. The Bertz CT molecular complexity index is 435. The van der Waals surface area contributed by atoms with Gasteiger partial charge in [0.25, 0.3) is 0 Å². The van der Waals surface area contributed by atoms with Gasteiger partial charge >= 0.3 is 6.18 Å². The van der Waals surface area contributed by atoms with E-state index >= 15 is 0 Å². The van der Waals surface area contributed by atoms with Crippen LogP contribution in [0.3, 0.4) is 0 Å². The quantitative estimate of drug-likeness (QED) is 0.817. The van der Waals surface area contributed by atoms with Crippen LogP contribution in [0.15, 0.2) is 12.3 Å². The van der Waals surface area contributed by atoms with Gasteiger partial charge in [0, 0.05) is 12.1 Å². The van der Waals surface area contributed by atoms with Gasteiger partial charge in [0.2, 0.25) is 5.88 Å². The average molecular weight is 294 g/mol. The Labute approximate surface area is 115 Å². The standard InChI is InChI=1S/C13H18F4N2O/c1-8(2)5-18-6-10-4-11(14)7-19-12(10)20-9(3)13(15,16)17/h4,7-9,18H,5-6H2,1-3H3. The van der Waals surface area contributed by atoms with Crippen LogP contribution < -0.4 is 10.1 Å². The van der Waals surface area contributed by atoms with E-state index in [1.807, 2.05) is 13.8 Å². The van der Waals surface area contributed by atoms with Crippen LogP contribution in [-0.4, -0.2) is 23.8 Å². The maximum Gasteiger partial charge on any atom is 0.425 e. The molecule has 3 nitrogen and oxygen atoms in total. The van der Waals surface area contributed by atoms with E-state index in [9.17, 15) is 17.6 Å². The monoisotopic (exact) mass is 294 g/mol. The summed E-state index contributed by atoms with van der Waals surface area (Å²) in [5, 5.41) is 3.01. The number of nitrogens with zero attached hydrogens (tertiary/aromatic N) is 1. The van der Waals surface area contributed by atoms with E-state index in [-0.39, 0.29) is 18.0 Å². The molecule has 1 heterocycles. The summed E-state index contributed by atoms with van der Waals surface area (Å²) in [4.78, 5) is 3.59. The topological polar surface area (TPSA) is 34.2 Å². The van der Waals surface area contributed by atoms with E-state index in [1.54, 1.807) is 0 Å². The first kappa shape index (κ1) is 16.7. The lowest BCUT2D eigenvalue weighted by Crippen LogP contribution is -2.32. The van der Waals surface area contributed by atoms with Crippen molar-refractivity contribution in [1.82, 2.24) is 10.3 Å². The minimum atomic E-state index is -4.49. The molecule has 0 radical (unpaired) electrons. The number of nitrogens with one attached hydrogen (secondary N) is 1. The first-order valence-corrected chi connectivity index (χ1v) is 6.28. The maximum absolute atomic E-state index is 13.1. The van der Waals surface area contributed by atoms with Gasteiger partial charge in [0.05, 0.1) is 6.20 Å². The fourth-order valence-electron chi connectivity index (χ4n) is 1.43. The zero-order valence-corrected chi connectivity index (χ0v) is 11.6. The van der Waals surface area contributed by atoms with Crippen LogP contribution in [0.2, 0.25) is 0 Å². The molecule has 0 spiro atoms. The Balaban J connectivity index is 2.79. The molecule has 0 saturated heterocycles. The van der Waals surface area contributed by atoms with Gasteiger partial charge in [0.1, 0.15) is 5.82 Å². The van der Waals surface area contributed by atoms with Gasteiger partial charge in [-0.2, -0.15) is 13.2 Å². The van der Waals surface area contributed by atoms with Crippen molar-refractivity contribution < 1.29 is 22.3 Å². The summed E-state index contributed by atoms with van der Waals surface area (Å²) in [5.74, 6) is -0.444. The van der Waals surface area contributed by atoms with Crippen molar-refractivity contribution >= 4 is 0 Å². The fraction of sp³-hybridized carbons (Fsp3) is 0.615. The van der Waals surface area contributed by atoms with Gasteiger partial charge in [-0.15, -0.1) is 0 Å². The first-order chi connectivity index (χ1) is 9.20. The van der Waals surface area contributed by atoms with Gasteiger partial charge in [-0.05, 0) is 25.5 Å². The Morgan fingerprint density at radius 3 is 2.50 bits per heavy atom. The molecule has 0 aliphatic rings. The molecule has 1 aromatic heterocycles. The van der Waals surface area contributed by atoms with E-state index in [0.717, 1.165) is 19.2 Å². The van der Waals surface area contributed by atoms with Gasteiger partial charge in [-0.1, -0.05) is 13.8 Å². The molecule has 0 saturated carbocycles.